The van der Waals surface area contributed by atoms with E-state index in [9.17, 15) is 14.7 Å². The number of aromatic hydroxyl groups is 1. The van der Waals surface area contributed by atoms with Crippen LogP contribution in [0.15, 0.2) is 84.4 Å². The third kappa shape index (κ3) is 5.54. The number of halogens is 3. The number of benzene rings is 4. The van der Waals surface area contributed by atoms with E-state index in [1.54, 1.807) is 66.7 Å². The zero-order valence-corrected chi connectivity index (χ0v) is 32.9. The van der Waals surface area contributed by atoms with Crippen LogP contribution in [0, 0.1) is 30.6 Å². The Morgan fingerprint density at radius 1 is 0.786 bits per heavy atom. The maximum Gasteiger partial charge on any atom is 0.260 e. The Bertz CT molecular complexity index is 2340. The lowest BCUT2D eigenvalue weighted by Gasteiger charge is -2.50. The van der Waals surface area contributed by atoms with Crippen LogP contribution in [-0.4, -0.2) is 55.1 Å². The Morgan fingerprint density at radius 2 is 1.48 bits per heavy atom. The fourth-order valence-corrected chi connectivity index (χ4v) is 9.90. The number of ether oxygens (including phenoxy) is 3. The van der Waals surface area contributed by atoms with Gasteiger partial charge < -0.3 is 19.3 Å². The number of fused-ring (bicyclic) bond motifs is 4. The number of aryl methyl sites for hydroxylation is 1. The number of allylic oxidation sites excluding steroid dienone is 2. The van der Waals surface area contributed by atoms with Gasteiger partial charge in [-0.2, -0.15) is 5.01 Å². The van der Waals surface area contributed by atoms with Gasteiger partial charge in [0.05, 0.1) is 60.9 Å². The number of carbonyl (C=O) groups is 4. The Hall–Kier alpha value is -5.23. The van der Waals surface area contributed by atoms with Gasteiger partial charge in [-0.05, 0) is 97.0 Å². The molecule has 288 valence electrons. The van der Waals surface area contributed by atoms with E-state index < -0.39 is 52.7 Å². The number of rotatable bonds is 8. The molecule has 14 heteroatoms. The number of nitrogens with one attached hydrogen (secondary N) is 1. The van der Waals surface area contributed by atoms with Gasteiger partial charge in [-0.3, -0.25) is 24.6 Å². The van der Waals surface area contributed by atoms with Gasteiger partial charge in [0.15, 0.2) is 11.5 Å². The van der Waals surface area contributed by atoms with Gasteiger partial charge in [0.2, 0.25) is 17.6 Å². The van der Waals surface area contributed by atoms with Gasteiger partial charge in [-0.15, -0.1) is 0 Å². The minimum Gasteiger partial charge on any atom is -0.502 e. The molecule has 2 N–H and O–H groups in total. The fourth-order valence-electron chi connectivity index (χ4n) is 9.27. The minimum absolute atomic E-state index is 0.0561. The van der Waals surface area contributed by atoms with Crippen molar-refractivity contribution in [1.29, 1.82) is 0 Å². The van der Waals surface area contributed by atoms with Crippen LogP contribution in [0.3, 0.4) is 0 Å². The molecule has 4 aliphatic rings. The molecule has 2 heterocycles. The van der Waals surface area contributed by atoms with E-state index in [1.165, 1.54) is 32.3 Å². The van der Waals surface area contributed by atoms with Crippen molar-refractivity contribution in [3.05, 3.63) is 116 Å². The summed E-state index contributed by atoms with van der Waals surface area (Å²) in [7, 11) is 4.33. The molecule has 0 spiro atoms. The number of hydrogen-bond acceptors (Lipinski definition) is 9. The molecule has 0 bridgehead atoms. The number of carbonyl (C=O) groups excluding carboxylic acids is 4. The Labute approximate surface area is 337 Å². The highest BCUT2D eigenvalue weighted by Crippen LogP contribution is 2.65. The van der Waals surface area contributed by atoms with E-state index in [4.69, 9.17) is 49.0 Å². The summed E-state index contributed by atoms with van der Waals surface area (Å²) in [6.45, 7) is 1.83. The molecule has 4 aromatic carbocycles. The molecule has 8 rings (SSSR count). The summed E-state index contributed by atoms with van der Waals surface area (Å²) in [5.41, 5.74) is 4.47. The first-order valence-electron chi connectivity index (χ1n) is 17.9. The predicted octanol–water partition coefficient (Wildman–Crippen LogP) is 7.88. The quantitative estimate of drug-likeness (QED) is 0.135. The molecule has 3 fully saturated rings. The molecule has 11 nitrogen and oxygen atoms in total. The fraction of sp³-hybridized carbons (Fsp3) is 0.286. The van der Waals surface area contributed by atoms with Gasteiger partial charge >= 0.3 is 0 Å². The molecule has 6 atom stereocenters. The van der Waals surface area contributed by atoms with Gasteiger partial charge in [0.25, 0.3) is 11.8 Å². The highest BCUT2D eigenvalue weighted by Gasteiger charge is 2.70. The molecule has 0 radical (unpaired) electrons. The monoisotopic (exact) mass is 815 g/mol. The number of hydrazine groups is 1. The summed E-state index contributed by atoms with van der Waals surface area (Å²) in [6, 6.07) is 19.9. The number of methoxy groups -OCH3 is 3. The molecule has 0 aromatic heterocycles. The van der Waals surface area contributed by atoms with E-state index in [-0.39, 0.29) is 46.7 Å². The van der Waals surface area contributed by atoms with Crippen LogP contribution >= 0.6 is 34.8 Å². The normalized spacial score (nSPS) is 25.4. The summed E-state index contributed by atoms with van der Waals surface area (Å²) in [5, 5.41) is 13.0. The number of hydrogen-bond donors (Lipinski definition) is 2. The smallest absolute Gasteiger partial charge is 0.260 e. The topological polar surface area (TPSA) is 135 Å². The highest BCUT2D eigenvalue weighted by molar-refractivity contribution is 6.36. The first-order chi connectivity index (χ1) is 26.8. The zero-order valence-electron chi connectivity index (χ0n) is 30.6. The molecule has 2 aliphatic heterocycles. The maximum absolute atomic E-state index is 15.5. The predicted molar refractivity (Wildman–Crippen MR) is 211 cm³/mol. The van der Waals surface area contributed by atoms with Crippen LogP contribution in [0.5, 0.6) is 23.0 Å². The maximum atomic E-state index is 15.5. The molecule has 2 saturated heterocycles. The van der Waals surface area contributed by atoms with E-state index in [0.717, 1.165) is 10.6 Å². The van der Waals surface area contributed by atoms with Crippen molar-refractivity contribution < 1.29 is 38.5 Å². The number of imide groups is 2. The lowest BCUT2D eigenvalue weighted by atomic mass is 9.49. The second kappa shape index (κ2) is 14.1. The zero-order chi connectivity index (χ0) is 39.8. The standard InChI is InChI=1S/C42H36Cl3N3O8/c1-20-5-9-24(18-30(20)44)47-38(50)27-13-12-26-28(35(27)40(47)52)19-29-39(51)48(46-32-14-8-23(43)17-31(32)45)41(53)42(29,22-6-10-25(54-2)11-7-22)36(26)21-15-33(55-3)37(49)34(16-21)56-4/h5-12,14-18,27-29,35-36,46,49H,13,19H2,1-4H3. The van der Waals surface area contributed by atoms with Crippen molar-refractivity contribution in [3.63, 3.8) is 0 Å². The SMILES string of the molecule is COc1ccc(C23C(=O)N(Nc4ccc(Cl)cc4Cl)C(=O)C2CC2C(=CCC4C(=O)N(c5ccc(C)c(Cl)c5)C(=O)C42)C3c2cc(OC)c(O)c(OC)c2)cc1. The first-order valence-corrected chi connectivity index (χ1v) is 19.0. The van der Waals surface area contributed by atoms with Crippen molar-refractivity contribution in [2.45, 2.75) is 31.1 Å². The summed E-state index contributed by atoms with van der Waals surface area (Å²) < 4.78 is 16.7. The van der Waals surface area contributed by atoms with E-state index in [1.807, 2.05) is 13.0 Å². The molecule has 4 amide bonds. The van der Waals surface area contributed by atoms with E-state index in [2.05, 4.69) is 5.43 Å². The van der Waals surface area contributed by atoms with Crippen molar-refractivity contribution >= 4 is 69.8 Å². The van der Waals surface area contributed by atoms with Gasteiger partial charge in [0.1, 0.15) is 5.75 Å². The molecule has 4 aromatic rings. The van der Waals surface area contributed by atoms with Crippen LogP contribution in [-0.2, 0) is 24.6 Å². The summed E-state index contributed by atoms with van der Waals surface area (Å²) >= 11 is 19.2. The lowest BCUT2D eigenvalue weighted by molar-refractivity contribution is -0.138. The molecule has 1 saturated carbocycles. The van der Waals surface area contributed by atoms with E-state index >= 15 is 9.59 Å². The Morgan fingerprint density at radius 3 is 2.11 bits per heavy atom. The van der Waals surface area contributed by atoms with Crippen molar-refractivity contribution in [2.24, 2.45) is 23.7 Å². The molecular weight excluding hydrogens is 781 g/mol. The Balaban J connectivity index is 1.36. The number of anilines is 2. The second-order valence-corrected chi connectivity index (χ2v) is 15.7. The number of phenols is 1. The van der Waals surface area contributed by atoms with Crippen LogP contribution in [0.4, 0.5) is 11.4 Å². The van der Waals surface area contributed by atoms with Crippen LogP contribution in [0.25, 0.3) is 0 Å². The second-order valence-electron chi connectivity index (χ2n) is 14.4. The van der Waals surface area contributed by atoms with E-state index in [0.29, 0.717) is 38.2 Å². The van der Waals surface area contributed by atoms with Crippen molar-refractivity contribution in [2.75, 3.05) is 31.7 Å². The average Bonchev–Trinajstić information content (AvgIpc) is 3.57. The minimum atomic E-state index is -1.63. The van der Waals surface area contributed by atoms with Gasteiger partial charge in [-0.25, -0.2) is 4.90 Å². The third-order valence-corrected chi connectivity index (χ3v) is 12.8. The van der Waals surface area contributed by atoms with Crippen LogP contribution in [0.1, 0.15) is 35.4 Å². The number of nitrogens with zero attached hydrogens (tertiary/aromatic N) is 2. The average molecular weight is 817 g/mol. The number of amides is 4. The summed E-state index contributed by atoms with van der Waals surface area (Å²) in [5.74, 6) is -5.69. The Kier molecular flexibility index (Phi) is 9.46. The molecular formula is C42H36Cl3N3O8. The molecule has 6 unspecified atom stereocenters. The van der Waals surface area contributed by atoms with Crippen LogP contribution in [0.2, 0.25) is 15.1 Å². The largest absolute Gasteiger partial charge is 0.502 e. The van der Waals surface area contributed by atoms with Gasteiger partial charge in [0, 0.05) is 16.0 Å². The van der Waals surface area contributed by atoms with Crippen molar-refractivity contribution in [1.82, 2.24) is 5.01 Å². The number of phenolic OH excluding ortho intramolecular Hbond substituents is 1. The van der Waals surface area contributed by atoms with Gasteiger partial charge in [-0.1, -0.05) is 64.7 Å². The summed E-state index contributed by atoms with van der Waals surface area (Å²) in [6.07, 6.45) is 2.19. The van der Waals surface area contributed by atoms with Crippen LogP contribution < -0.4 is 24.5 Å². The molecule has 2 aliphatic carbocycles. The first kappa shape index (κ1) is 37.7. The third-order valence-electron chi connectivity index (χ3n) is 11.8. The highest BCUT2D eigenvalue weighted by atomic mass is 35.5. The van der Waals surface area contributed by atoms with Crippen molar-refractivity contribution in [3.8, 4) is 23.0 Å². The lowest BCUT2D eigenvalue weighted by Crippen LogP contribution is -2.53. The molecule has 56 heavy (non-hydrogen) atoms. The summed E-state index contributed by atoms with van der Waals surface area (Å²) in [4.78, 5) is 60.6.